The zero-order valence-electron chi connectivity index (χ0n) is 11.1. The Kier molecular flexibility index (Phi) is 5.07. The molecule has 0 saturated heterocycles. The number of aryl methyl sites for hydroxylation is 1. The molecule has 1 aromatic rings. The molecule has 0 radical (unpaired) electrons. The first kappa shape index (κ1) is 15.5. The van der Waals surface area contributed by atoms with Gasteiger partial charge in [0.2, 0.25) is 0 Å². The van der Waals surface area contributed by atoms with Gasteiger partial charge in [0.05, 0.1) is 13.0 Å². The maximum atomic E-state index is 11.8. The monoisotopic (exact) mass is 284 g/mol. The number of nitrogens with zero attached hydrogens (tertiary/aromatic N) is 3. The van der Waals surface area contributed by atoms with Crippen molar-refractivity contribution in [3.05, 3.63) is 18.2 Å². The van der Waals surface area contributed by atoms with E-state index in [0.29, 0.717) is 5.82 Å². The van der Waals surface area contributed by atoms with Crippen molar-refractivity contribution < 1.29 is 24.6 Å². The van der Waals surface area contributed by atoms with E-state index in [1.54, 1.807) is 24.0 Å². The quantitative estimate of drug-likeness (QED) is 0.646. The number of nitrogens with one attached hydrogen (secondary N) is 1. The van der Waals surface area contributed by atoms with Gasteiger partial charge in [-0.15, -0.1) is 0 Å². The summed E-state index contributed by atoms with van der Waals surface area (Å²) in [6.07, 6.45) is 2.61. The first-order chi connectivity index (χ1) is 9.31. The molecule has 0 spiro atoms. The maximum absolute atomic E-state index is 11.8. The Hall–Kier alpha value is -2.58. The van der Waals surface area contributed by atoms with Crippen molar-refractivity contribution in [3.63, 3.8) is 0 Å². The lowest BCUT2D eigenvalue weighted by Gasteiger charge is -2.20. The van der Waals surface area contributed by atoms with E-state index in [0.717, 1.165) is 0 Å². The van der Waals surface area contributed by atoms with E-state index in [1.165, 1.54) is 11.9 Å². The van der Waals surface area contributed by atoms with Crippen molar-refractivity contribution in [2.24, 2.45) is 7.05 Å². The number of urea groups is 1. The van der Waals surface area contributed by atoms with Gasteiger partial charge in [0.1, 0.15) is 11.9 Å². The van der Waals surface area contributed by atoms with Crippen LogP contribution in [-0.4, -0.2) is 55.7 Å². The van der Waals surface area contributed by atoms with E-state index in [-0.39, 0.29) is 6.54 Å². The fraction of sp³-hybridized carbons (Fsp3) is 0.455. The minimum absolute atomic E-state index is 0.175. The van der Waals surface area contributed by atoms with Gasteiger partial charge in [-0.3, -0.25) is 4.79 Å². The largest absolute Gasteiger partial charge is 0.481 e. The number of amides is 2. The minimum atomic E-state index is -1.47. The van der Waals surface area contributed by atoms with E-state index < -0.39 is 30.4 Å². The number of imidazole rings is 1. The summed E-state index contributed by atoms with van der Waals surface area (Å²) in [5, 5.41) is 19.6. The first-order valence-corrected chi connectivity index (χ1v) is 5.73. The molecule has 110 valence electrons. The molecule has 9 nitrogen and oxygen atoms in total. The second-order valence-electron chi connectivity index (χ2n) is 4.25. The lowest BCUT2D eigenvalue weighted by atomic mass is 10.2. The molecule has 20 heavy (non-hydrogen) atoms. The van der Waals surface area contributed by atoms with E-state index in [4.69, 9.17) is 10.2 Å². The molecule has 0 aliphatic carbocycles. The molecular weight excluding hydrogens is 268 g/mol. The van der Waals surface area contributed by atoms with Gasteiger partial charge in [-0.1, -0.05) is 0 Å². The highest BCUT2D eigenvalue weighted by Gasteiger charge is 2.24. The molecule has 0 unspecified atom stereocenters. The van der Waals surface area contributed by atoms with Crippen LogP contribution in [0, 0.1) is 0 Å². The summed E-state index contributed by atoms with van der Waals surface area (Å²) in [4.78, 5) is 38.4. The van der Waals surface area contributed by atoms with Crippen LogP contribution < -0.4 is 5.32 Å². The third-order valence-electron chi connectivity index (χ3n) is 2.62. The zero-order chi connectivity index (χ0) is 15.3. The number of rotatable bonds is 6. The number of carbonyl (C=O) groups is 3. The van der Waals surface area contributed by atoms with Crippen molar-refractivity contribution in [3.8, 4) is 0 Å². The van der Waals surface area contributed by atoms with Gasteiger partial charge in [-0.2, -0.15) is 0 Å². The van der Waals surface area contributed by atoms with E-state index >= 15 is 0 Å². The summed E-state index contributed by atoms with van der Waals surface area (Å²) in [6.45, 7) is 0.175. The fourth-order valence-corrected chi connectivity index (χ4v) is 1.47. The van der Waals surface area contributed by atoms with Crippen LogP contribution in [0.2, 0.25) is 0 Å². The number of hydrogen-bond donors (Lipinski definition) is 3. The summed E-state index contributed by atoms with van der Waals surface area (Å²) >= 11 is 0. The van der Waals surface area contributed by atoms with Gasteiger partial charge in [-0.25, -0.2) is 14.6 Å². The lowest BCUT2D eigenvalue weighted by Crippen LogP contribution is -2.47. The van der Waals surface area contributed by atoms with Crippen LogP contribution in [0.25, 0.3) is 0 Å². The standard InChI is InChI=1S/C11H16N4O5/c1-14-4-3-12-8(14)6-15(2)11(20)13-7(10(18)19)5-9(16)17/h3-4,7H,5-6H2,1-2H3,(H,13,20)(H,16,17)(H,18,19)/t7-/m0/s1. The Balaban J connectivity index is 2.62. The number of carbonyl (C=O) groups excluding carboxylic acids is 1. The van der Waals surface area contributed by atoms with Gasteiger partial charge >= 0.3 is 18.0 Å². The Morgan fingerprint density at radius 1 is 1.45 bits per heavy atom. The molecule has 0 aromatic carbocycles. The molecule has 1 rings (SSSR count). The summed E-state index contributed by atoms with van der Waals surface area (Å²) in [5.74, 6) is -2.08. The minimum Gasteiger partial charge on any atom is -0.481 e. The van der Waals surface area contributed by atoms with E-state index in [9.17, 15) is 14.4 Å². The highest BCUT2D eigenvalue weighted by Crippen LogP contribution is 2.01. The Bertz CT molecular complexity index is 513. The van der Waals surface area contributed by atoms with Crippen molar-refractivity contribution in [2.75, 3.05) is 7.05 Å². The molecule has 0 saturated carbocycles. The molecule has 1 heterocycles. The lowest BCUT2D eigenvalue weighted by molar-refractivity contribution is -0.145. The van der Waals surface area contributed by atoms with Crippen molar-refractivity contribution in [2.45, 2.75) is 19.0 Å². The number of carboxylic acids is 2. The first-order valence-electron chi connectivity index (χ1n) is 5.73. The smallest absolute Gasteiger partial charge is 0.326 e. The van der Waals surface area contributed by atoms with Crippen LogP contribution in [0.4, 0.5) is 4.79 Å². The molecule has 0 bridgehead atoms. The molecule has 0 fully saturated rings. The highest BCUT2D eigenvalue weighted by atomic mass is 16.4. The number of aromatic nitrogens is 2. The summed E-state index contributed by atoms with van der Waals surface area (Å²) in [6, 6.07) is -2.15. The van der Waals surface area contributed by atoms with Gasteiger partial charge < -0.3 is 25.0 Å². The summed E-state index contributed by atoms with van der Waals surface area (Å²) in [7, 11) is 3.22. The Labute approximate surface area is 114 Å². The second kappa shape index (κ2) is 6.55. The van der Waals surface area contributed by atoms with E-state index in [2.05, 4.69) is 10.3 Å². The van der Waals surface area contributed by atoms with Gasteiger partial charge in [0, 0.05) is 26.5 Å². The maximum Gasteiger partial charge on any atom is 0.326 e. The molecule has 0 aliphatic heterocycles. The average molecular weight is 284 g/mol. The van der Waals surface area contributed by atoms with Crippen molar-refractivity contribution >= 4 is 18.0 Å². The van der Waals surface area contributed by atoms with Crippen molar-refractivity contribution in [1.29, 1.82) is 0 Å². The van der Waals surface area contributed by atoms with Gasteiger partial charge in [0.15, 0.2) is 0 Å². The molecule has 9 heteroatoms. The zero-order valence-corrected chi connectivity index (χ0v) is 11.1. The van der Waals surface area contributed by atoms with Crippen LogP contribution in [0.5, 0.6) is 0 Å². The third kappa shape index (κ3) is 4.26. The highest BCUT2D eigenvalue weighted by molar-refractivity contribution is 5.86. The average Bonchev–Trinajstić information content (AvgIpc) is 2.73. The molecular formula is C11H16N4O5. The van der Waals surface area contributed by atoms with Crippen LogP contribution >= 0.6 is 0 Å². The molecule has 1 atom stereocenters. The topological polar surface area (TPSA) is 125 Å². The van der Waals surface area contributed by atoms with Gasteiger partial charge in [-0.05, 0) is 0 Å². The molecule has 1 aromatic heterocycles. The van der Waals surface area contributed by atoms with Crippen LogP contribution in [0.15, 0.2) is 12.4 Å². The second-order valence-corrected chi connectivity index (χ2v) is 4.25. The fourth-order valence-electron chi connectivity index (χ4n) is 1.47. The number of aliphatic carboxylic acids is 2. The predicted molar refractivity (Wildman–Crippen MR) is 66.9 cm³/mol. The van der Waals surface area contributed by atoms with Crippen molar-refractivity contribution in [1.82, 2.24) is 19.8 Å². The van der Waals surface area contributed by atoms with Crippen LogP contribution in [-0.2, 0) is 23.2 Å². The Morgan fingerprint density at radius 3 is 2.55 bits per heavy atom. The third-order valence-corrected chi connectivity index (χ3v) is 2.62. The predicted octanol–water partition coefficient (Wildman–Crippen LogP) is -0.511. The summed E-state index contributed by atoms with van der Waals surface area (Å²) in [5.41, 5.74) is 0. The molecule has 0 aliphatic rings. The molecule has 2 amide bonds. The SMILES string of the molecule is CN(Cc1nccn1C)C(=O)N[C@@H](CC(=O)O)C(=O)O. The summed E-state index contributed by atoms with van der Waals surface area (Å²) < 4.78 is 1.72. The van der Waals surface area contributed by atoms with Gasteiger partial charge in [0.25, 0.3) is 0 Å². The van der Waals surface area contributed by atoms with E-state index in [1.807, 2.05) is 0 Å². The number of carboxylic acid groups (broad SMARTS) is 2. The van der Waals surface area contributed by atoms with Crippen LogP contribution in [0.3, 0.4) is 0 Å². The number of hydrogen-bond acceptors (Lipinski definition) is 4. The van der Waals surface area contributed by atoms with Crippen LogP contribution in [0.1, 0.15) is 12.2 Å². The molecule has 3 N–H and O–H groups in total. The normalized spacial score (nSPS) is 11.7. The Morgan fingerprint density at radius 2 is 2.10 bits per heavy atom.